The third-order valence-electron chi connectivity index (χ3n) is 4.83. The van der Waals surface area contributed by atoms with Gasteiger partial charge in [0.05, 0.1) is 29.8 Å². The predicted octanol–water partition coefficient (Wildman–Crippen LogP) is 3.59. The number of nitrogens with zero attached hydrogens (tertiary/aromatic N) is 6. The third kappa shape index (κ3) is 4.94. The van der Waals surface area contributed by atoms with Crippen molar-refractivity contribution in [2.45, 2.75) is 33.7 Å². The summed E-state index contributed by atoms with van der Waals surface area (Å²) in [6.07, 6.45) is 3.34. The smallest absolute Gasteiger partial charge is 0.410 e. The van der Waals surface area contributed by atoms with Crippen LogP contribution in [0.4, 0.5) is 4.79 Å². The summed E-state index contributed by atoms with van der Waals surface area (Å²) in [5.41, 5.74) is 5.19. The molecular formula is C23H23N7O2. The van der Waals surface area contributed by atoms with E-state index in [1.165, 1.54) is 0 Å². The van der Waals surface area contributed by atoms with E-state index in [4.69, 9.17) is 4.74 Å². The van der Waals surface area contributed by atoms with Crippen LogP contribution in [0.1, 0.15) is 29.7 Å². The highest BCUT2D eigenvalue weighted by atomic mass is 16.6. The van der Waals surface area contributed by atoms with Crippen molar-refractivity contribution in [3.8, 4) is 22.6 Å². The van der Waals surface area contributed by atoms with Gasteiger partial charge in [-0.1, -0.05) is 36.8 Å². The first-order chi connectivity index (χ1) is 15.5. The fourth-order valence-corrected chi connectivity index (χ4v) is 3.12. The lowest BCUT2D eigenvalue weighted by molar-refractivity contribution is 0.200. The quantitative estimate of drug-likeness (QED) is 0.499. The molecule has 0 saturated heterocycles. The summed E-state index contributed by atoms with van der Waals surface area (Å²) in [5.74, 6) is 1.09. The first kappa shape index (κ1) is 21.1. The maximum absolute atomic E-state index is 12.4. The number of benzene rings is 2. The molecule has 4 aromatic rings. The fourth-order valence-electron chi connectivity index (χ4n) is 3.12. The molecule has 0 spiro atoms. The van der Waals surface area contributed by atoms with E-state index < -0.39 is 6.09 Å². The van der Waals surface area contributed by atoms with Gasteiger partial charge in [-0.25, -0.2) is 4.79 Å². The molecule has 9 heteroatoms. The molecule has 2 aromatic heterocycles. The van der Waals surface area contributed by atoms with Crippen molar-refractivity contribution < 1.29 is 9.53 Å². The number of carbonyl (C=O) groups is 1. The van der Waals surface area contributed by atoms with Crippen molar-refractivity contribution in [3.05, 3.63) is 77.6 Å². The van der Waals surface area contributed by atoms with Gasteiger partial charge in [0.1, 0.15) is 5.75 Å². The minimum absolute atomic E-state index is 0.212. The summed E-state index contributed by atoms with van der Waals surface area (Å²) < 4.78 is 7.22. The van der Waals surface area contributed by atoms with Crippen LogP contribution >= 0.6 is 0 Å². The van der Waals surface area contributed by atoms with Gasteiger partial charge in [-0.05, 0) is 47.5 Å². The van der Waals surface area contributed by atoms with E-state index in [9.17, 15) is 4.79 Å². The van der Waals surface area contributed by atoms with Gasteiger partial charge in [-0.15, -0.1) is 5.10 Å². The van der Waals surface area contributed by atoms with Crippen LogP contribution in [0.25, 0.3) is 16.8 Å². The van der Waals surface area contributed by atoms with Crippen LogP contribution in [0.2, 0.25) is 0 Å². The first-order valence-electron chi connectivity index (χ1n) is 10.2. The largest absolute Gasteiger partial charge is 0.412 e. The Kier molecular flexibility index (Phi) is 6.16. The van der Waals surface area contributed by atoms with Crippen LogP contribution in [0.15, 0.2) is 54.9 Å². The highest BCUT2D eigenvalue weighted by Gasteiger charge is 2.13. The summed E-state index contributed by atoms with van der Waals surface area (Å²) in [4.78, 5) is 20.8. The van der Waals surface area contributed by atoms with Crippen molar-refractivity contribution in [1.82, 2.24) is 35.5 Å². The van der Waals surface area contributed by atoms with Crippen LogP contribution in [-0.2, 0) is 13.0 Å². The zero-order valence-electron chi connectivity index (χ0n) is 18.1. The molecule has 0 bridgehead atoms. The Balaban J connectivity index is 1.60. The first-order valence-corrected chi connectivity index (χ1v) is 10.2. The molecule has 0 atom stereocenters. The number of tetrazole rings is 1. The molecule has 4 rings (SSSR count). The van der Waals surface area contributed by atoms with Crippen LogP contribution < -0.4 is 10.1 Å². The van der Waals surface area contributed by atoms with E-state index in [0.29, 0.717) is 29.4 Å². The molecular weight excluding hydrogens is 406 g/mol. The Morgan fingerprint density at radius 2 is 1.84 bits per heavy atom. The number of ether oxygens (including phenoxy) is 1. The second-order valence-electron chi connectivity index (χ2n) is 7.33. The zero-order valence-corrected chi connectivity index (χ0v) is 18.1. The van der Waals surface area contributed by atoms with Crippen LogP contribution in [0.3, 0.4) is 0 Å². The van der Waals surface area contributed by atoms with Gasteiger partial charge < -0.3 is 10.1 Å². The average Bonchev–Trinajstić information content (AvgIpc) is 3.28. The van der Waals surface area contributed by atoms with E-state index in [2.05, 4.69) is 30.8 Å². The Labute approximate surface area is 185 Å². The van der Waals surface area contributed by atoms with E-state index in [-0.39, 0.29) is 6.54 Å². The Morgan fingerprint density at radius 1 is 1.03 bits per heavy atom. The van der Waals surface area contributed by atoms with Crippen molar-refractivity contribution in [2.24, 2.45) is 0 Å². The highest BCUT2D eigenvalue weighted by Crippen LogP contribution is 2.28. The Morgan fingerprint density at radius 3 is 2.56 bits per heavy atom. The van der Waals surface area contributed by atoms with Gasteiger partial charge in [-0.2, -0.15) is 4.68 Å². The predicted molar refractivity (Wildman–Crippen MR) is 118 cm³/mol. The normalized spacial score (nSPS) is 10.7. The lowest BCUT2D eigenvalue weighted by Crippen LogP contribution is -2.26. The molecule has 0 unspecified atom stereocenters. The highest BCUT2D eigenvalue weighted by molar-refractivity contribution is 5.73. The number of hydrogen-bond donors (Lipinski definition) is 1. The summed E-state index contributed by atoms with van der Waals surface area (Å²) in [5, 5.41) is 14.6. The third-order valence-corrected chi connectivity index (χ3v) is 4.83. The average molecular weight is 429 g/mol. The van der Waals surface area contributed by atoms with Crippen molar-refractivity contribution in [3.63, 3.8) is 0 Å². The fraction of sp³-hybridized carbons (Fsp3) is 0.217. The lowest BCUT2D eigenvalue weighted by atomic mass is 10.0. The summed E-state index contributed by atoms with van der Waals surface area (Å²) in [7, 11) is 0. The summed E-state index contributed by atoms with van der Waals surface area (Å²) in [6.45, 7) is 6.08. The van der Waals surface area contributed by atoms with Gasteiger partial charge in [0.25, 0.3) is 0 Å². The molecule has 0 saturated carbocycles. The van der Waals surface area contributed by atoms with Gasteiger partial charge in [0.2, 0.25) is 0 Å². The van der Waals surface area contributed by atoms with Crippen molar-refractivity contribution >= 4 is 6.09 Å². The van der Waals surface area contributed by atoms with Gasteiger partial charge in [0, 0.05) is 18.7 Å². The second kappa shape index (κ2) is 9.34. The van der Waals surface area contributed by atoms with E-state index in [1.54, 1.807) is 23.1 Å². The van der Waals surface area contributed by atoms with Gasteiger partial charge in [-0.3, -0.25) is 9.97 Å². The Bertz CT molecular complexity index is 1220. The second-order valence-corrected chi connectivity index (χ2v) is 7.33. The van der Waals surface area contributed by atoms with Gasteiger partial charge >= 0.3 is 6.09 Å². The number of aryl methyl sites for hydroxylation is 3. The van der Waals surface area contributed by atoms with Crippen LogP contribution in [0.5, 0.6) is 5.75 Å². The number of rotatable bonds is 6. The van der Waals surface area contributed by atoms with Gasteiger partial charge in [0.15, 0.2) is 5.82 Å². The van der Waals surface area contributed by atoms with E-state index in [0.717, 1.165) is 22.4 Å². The topological polar surface area (TPSA) is 108 Å². The lowest BCUT2D eigenvalue weighted by Gasteiger charge is -2.12. The number of hydrogen-bond acceptors (Lipinski definition) is 7. The number of amides is 1. The Hall–Kier alpha value is -4.14. The molecule has 0 aliphatic carbocycles. The maximum atomic E-state index is 12.4. The minimum atomic E-state index is -0.591. The van der Waals surface area contributed by atoms with E-state index >= 15 is 0 Å². The molecule has 0 aliphatic rings. The number of nitrogens with one attached hydrogen (secondary N) is 1. The zero-order chi connectivity index (χ0) is 22.5. The standard InChI is InChI=1S/C23H23N7O2/c1-4-22-27-28-29-30(22)20-9-18(17-7-5-15(2)6-8-17)10-21(11-20)32-23(31)26-14-19-13-24-16(3)12-25-19/h5-13H,4,14H2,1-3H3,(H,26,31). The molecule has 0 radical (unpaired) electrons. The molecule has 32 heavy (non-hydrogen) atoms. The van der Waals surface area contributed by atoms with Crippen LogP contribution in [0, 0.1) is 13.8 Å². The summed E-state index contributed by atoms with van der Waals surface area (Å²) in [6, 6.07) is 13.6. The molecule has 162 valence electrons. The van der Waals surface area contributed by atoms with Crippen molar-refractivity contribution in [1.29, 1.82) is 0 Å². The number of carbonyl (C=O) groups excluding carboxylic acids is 1. The maximum Gasteiger partial charge on any atom is 0.412 e. The molecule has 2 heterocycles. The number of aromatic nitrogens is 6. The summed E-state index contributed by atoms with van der Waals surface area (Å²) >= 11 is 0. The SMILES string of the molecule is CCc1nnnn1-c1cc(OC(=O)NCc2cnc(C)cn2)cc(-c2ccc(C)cc2)c1. The molecule has 0 aliphatic heterocycles. The van der Waals surface area contributed by atoms with Crippen LogP contribution in [-0.4, -0.2) is 36.3 Å². The monoisotopic (exact) mass is 429 g/mol. The van der Waals surface area contributed by atoms with E-state index in [1.807, 2.05) is 57.2 Å². The minimum Gasteiger partial charge on any atom is -0.410 e. The molecule has 1 amide bonds. The molecule has 9 nitrogen and oxygen atoms in total. The molecule has 0 fully saturated rings. The van der Waals surface area contributed by atoms with Crippen molar-refractivity contribution in [2.75, 3.05) is 0 Å². The molecule has 1 N–H and O–H groups in total. The molecule has 2 aromatic carbocycles.